The molecule has 7 aliphatic rings. The van der Waals surface area contributed by atoms with E-state index in [4.69, 9.17) is 18.9 Å². The van der Waals surface area contributed by atoms with Gasteiger partial charge in [-0.2, -0.15) is 0 Å². The van der Waals surface area contributed by atoms with Gasteiger partial charge in [0.2, 0.25) is 0 Å². The Balaban J connectivity index is 1.19. The summed E-state index contributed by atoms with van der Waals surface area (Å²) in [6, 6.07) is 0. The molecule has 2 saturated heterocycles. The molecular formula is C42H66O13. The van der Waals surface area contributed by atoms with Crippen molar-refractivity contribution in [1.29, 1.82) is 0 Å². The van der Waals surface area contributed by atoms with Gasteiger partial charge >= 0.3 is 5.97 Å². The van der Waals surface area contributed by atoms with Gasteiger partial charge in [0.15, 0.2) is 18.7 Å². The Hall–Kier alpha value is -1.65. The van der Waals surface area contributed by atoms with E-state index in [9.17, 15) is 45.6 Å². The largest absolute Gasteiger partial charge is 0.512 e. The van der Waals surface area contributed by atoms with Crippen LogP contribution in [0.15, 0.2) is 24.0 Å². The fourth-order valence-corrected chi connectivity index (χ4v) is 13.5. The van der Waals surface area contributed by atoms with Crippen LogP contribution < -0.4 is 0 Å². The Labute approximate surface area is 324 Å². The summed E-state index contributed by atoms with van der Waals surface area (Å²) in [4.78, 5) is 12.2. The van der Waals surface area contributed by atoms with Gasteiger partial charge in [-0.1, -0.05) is 59.8 Å². The van der Waals surface area contributed by atoms with Crippen LogP contribution in [0.25, 0.3) is 0 Å². The molecule has 4 saturated carbocycles. The van der Waals surface area contributed by atoms with E-state index >= 15 is 0 Å². The molecule has 55 heavy (non-hydrogen) atoms. The number of hydrogen-bond donors (Lipinski definition) is 8. The Bertz CT molecular complexity index is 1550. The van der Waals surface area contributed by atoms with Crippen LogP contribution >= 0.6 is 0 Å². The molecule has 0 amide bonds. The fourth-order valence-electron chi connectivity index (χ4n) is 13.5. The number of rotatable bonds is 6. The predicted octanol–water partition coefficient (Wildman–Crippen LogP) is 3.57. The lowest BCUT2D eigenvalue weighted by atomic mass is 9.33. The second-order valence-electron chi connectivity index (χ2n) is 20.4. The van der Waals surface area contributed by atoms with Gasteiger partial charge in [0.25, 0.3) is 0 Å². The third-order valence-corrected chi connectivity index (χ3v) is 17.2. The lowest BCUT2D eigenvalue weighted by Gasteiger charge is -2.71. The Morgan fingerprint density at radius 2 is 1.47 bits per heavy atom. The molecule has 5 unspecified atom stereocenters. The maximum Gasteiger partial charge on any atom is 0.335 e. The molecule has 0 bridgehead atoms. The lowest BCUT2D eigenvalue weighted by Crippen LogP contribution is -2.67. The van der Waals surface area contributed by atoms with E-state index in [1.54, 1.807) is 0 Å². The predicted molar refractivity (Wildman–Crippen MR) is 198 cm³/mol. The molecule has 0 aromatic rings. The van der Waals surface area contributed by atoms with Gasteiger partial charge in [-0.15, -0.1) is 0 Å². The molecule has 0 spiro atoms. The van der Waals surface area contributed by atoms with Crippen molar-refractivity contribution < 1.29 is 64.6 Å². The van der Waals surface area contributed by atoms with Crippen LogP contribution in [0.4, 0.5) is 0 Å². The third-order valence-electron chi connectivity index (χ3n) is 17.2. The average molecular weight is 779 g/mol. The van der Waals surface area contributed by atoms with Crippen molar-refractivity contribution in [3.05, 3.63) is 24.0 Å². The molecule has 0 aromatic carbocycles. The third kappa shape index (κ3) is 6.03. The Morgan fingerprint density at radius 3 is 2.13 bits per heavy atom. The zero-order valence-corrected chi connectivity index (χ0v) is 33.6. The molecule has 7 rings (SSSR count). The van der Waals surface area contributed by atoms with Gasteiger partial charge in [0.1, 0.15) is 36.6 Å². The molecule has 13 nitrogen and oxygen atoms in total. The number of carbonyl (C=O) groups is 1. The monoisotopic (exact) mass is 778 g/mol. The van der Waals surface area contributed by atoms with E-state index in [1.165, 1.54) is 5.57 Å². The van der Waals surface area contributed by atoms with Crippen LogP contribution in [0.2, 0.25) is 0 Å². The molecule has 2 heterocycles. The summed E-state index contributed by atoms with van der Waals surface area (Å²) >= 11 is 0. The molecule has 5 aliphatic carbocycles. The Kier molecular flexibility index (Phi) is 10.3. The molecule has 0 radical (unpaired) electrons. The number of carboxylic acids is 1. The van der Waals surface area contributed by atoms with Crippen molar-refractivity contribution in [3.63, 3.8) is 0 Å². The zero-order chi connectivity index (χ0) is 40.4. The van der Waals surface area contributed by atoms with Crippen LogP contribution in [0.1, 0.15) is 106 Å². The summed E-state index contributed by atoms with van der Waals surface area (Å²) in [6.45, 7) is 19.8. The minimum atomic E-state index is -1.94. The molecule has 6 fully saturated rings. The first kappa shape index (κ1) is 41.5. The molecule has 0 aromatic heterocycles. The number of carboxylic acid groups (broad SMARTS) is 1. The number of allylic oxidation sites excluding steroid dienone is 2. The van der Waals surface area contributed by atoms with Gasteiger partial charge in [-0.3, -0.25) is 0 Å². The SMILES string of the molecule is C=C(O)[C@]1(C)C2CC[C@]3(C)C(CC=C4C5CC(C)(C)C[C@@H](O)[C@]5(C)CC[C@]43C)[C@@]2(C)CC[C@@H]1OC1O[C@H](C(=O)O)[C@@H](O)[C@H](O)[C@H]1OC1OC[C@@H](O)[C@H](O)[C@H]1O. The van der Waals surface area contributed by atoms with Gasteiger partial charge < -0.3 is 59.8 Å². The first-order valence-corrected chi connectivity index (χ1v) is 20.4. The smallest absolute Gasteiger partial charge is 0.335 e. The van der Waals surface area contributed by atoms with Crippen molar-refractivity contribution in [2.75, 3.05) is 6.61 Å². The van der Waals surface area contributed by atoms with Crippen molar-refractivity contribution in [2.45, 2.75) is 174 Å². The zero-order valence-electron chi connectivity index (χ0n) is 33.6. The number of aliphatic hydroxyl groups is 7. The van der Waals surface area contributed by atoms with Gasteiger partial charge in [-0.25, -0.2) is 4.79 Å². The highest BCUT2D eigenvalue weighted by Crippen LogP contribution is 2.76. The van der Waals surface area contributed by atoms with E-state index in [2.05, 4.69) is 54.2 Å². The van der Waals surface area contributed by atoms with Gasteiger partial charge in [-0.05, 0) is 104 Å². The second kappa shape index (κ2) is 13.7. The number of aliphatic hydroxyl groups excluding tert-OH is 7. The van der Waals surface area contributed by atoms with Crippen molar-refractivity contribution in [2.24, 2.45) is 50.2 Å². The summed E-state index contributed by atoms with van der Waals surface area (Å²) < 4.78 is 23.7. The average Bonchev–Trinajstić information content (AvgIpc) is 3.10. The van der Waals surface area contributed by atoms with Crippen molar-refractivity contribution in [3.8, 4) is 0 Å². The van der Waals surface area contributed by atoms with Crippen LogP contribution in [-0.4, -0.2) is 121 Å². The molecular weight excluding hydrogens is 712 g/mol. The first-order valence-electron chi connectivity index (χ1n) is 20.4. The standard InChI is InChI=1S/C42H66O13/c1-20(43)42(8)25-11-14-41(7)24(10-9-21-22-17-37(2,3)18-26(45)38(22,4)15-16-40(21,41)6)39(25,5)13-12-27(42)53-36-33(30(48)29(47)32(54-36)34(50)51)55-35-31(49)28(46)23(44)19-52-35/h9,22-33,35-36,43-49H,1,10-19H2,2-8H3,(H,50,51)/t22?,23-,24?,25?,26-,27+,28+,29+,30+,31-,32+,33-,35?,36?,38-,39-,40-,41-,42-/m1/s1. The van der Waals surface area contributed by atoms with E-state index in [1.807, 2.05) is 6.92 Å². The summed E-state index contributed by atoms with van der Waals surface area (Å²) in [5, 5.41) is 85.9. The number of hydrogen-bond acceptors (Lipinski definition) is 12. The highest BCUT2D eigenvalue weighted by atomic mass is 16.8. The molecule has 8 N–H and O–H groups in total. The lowest BCUT2D eigenvalue weighted by molar-refractivity contribution is -0.366. The van der Waals surface area contributed by atoms with Crippen LogP contribution in [0.3, 0.4) is 0 Å². The first-order chi connectivity index (χ1) is 25.5. The number of fused-ring (bicyclic) bond motifs is 7. The number of ether oxygens (including phenoxy) is 4. The van der Waals surface area contributed by atoms with E-state index in [-0.39, 0.29) is 57.4 Å². The van der Waals surface area contributed by atoms with Crippen LogP contribution in [0.5, 0.6) is 0 Å². The molecule has 312 valence electrons. The summed E-state index contributed by atoms with van der Waals surface area (Å²) in [6.07, 6.45) is -6.27. The van der Waals surface area contributed by atoms with E-state index < -0.39 is 72.8 Å². The van der Waals surface area contributed by atoms with Gasteiger partial charge in [0.05, 0.1) is 30.0 Å². The van der Waals surface area contributed by atoms with E-state index in [0.717, 1.165) is 51.4 Å². The van der Waals surface area contributed by atoms with Gasteiger partial charge in [0, 0.05) is 5.41 Å². The molecule has 13 heteroatoms. The quantitative estimate of drug-likeness (QED) is 0.110. The summed E-state index contributed by atoms with van der Waals surface area (Å²) in [5.74, 6) is -1.14. The Morgan fingerprint density at radius 1 is 0.782 bits per heavy atom. The second-order valence-corrected chi connectivity index (χ2v) is 20.4. The minimum Gasteiger partial charge on any atom is -0.512 e. The number of aliphatic carboxylic acids is 1. The maximum atomic E-state index is 12.2. The summed E-state index contributed by atoms with van der Waals surface area (Å²) in [5.41, 5.74) is -0.0175. The highest BCUT2D eigenvalue weighted by molar-refractivity contribution is 5.73. The minimum absolute atomic E-state index is 0.0451. The van der Waals surface area contributed by atoms with Crippen molar-refractivity contribution in [1.82, 2.24) is 0 Å². The summed E-state index contributed by atoms with van der Waals surface area (Å²) in [7, 11) is 0. The highest BCUT2D eigenvalue weighted by Gasteiger charge is 2.70. The van der Waals surface area contributed by atoms with Crippen LogP contribution in [0, 0.1) is 50.2 Å². The molecule has 19 atom stereocenters. The topological polar surface area (TPSA) is 216 Å². The molecule has 2 aliphatic heterocycles. The van der Waals surface area contributed by atoms with Crippen LogP contribution in [-0.2, 0) is 23.7 Å². The fraction of sp³-hybridized carbons (Fsp3) is 0.881. The van der Waals surface area contributed by atoms with E-state index in [0.29, 0.717) is 12.3 Å². The normalized spacial score (nSPS) is 54.8. The maximum absolute atomic E-state index is 12.2. The van der Waals surface area contributed by atoms with Crippen molar-refractivity contribution >= 4 is 5.97 Å².